The average molecular weight is 225 g/mol. The second-order valence-electron chi connectivity index (χ2n) is 3.24. The summed E-state index contributed by atoms with van der Waals surface area (Å²) in [6, 6.07) is 5.21. The Morgan fingerprint density at radius 3 is 3.13 bits per heavy atom. The van der Waals surface area contributed by atoms with E-state index in [9.17, 15) is 9.90 Å². The highest BCUT2D eigenvalue weighted by Crippen LogP contribution is 2.20. The van der Waals surface area contributed by atoms with E-state index in [4.69, 9.17) is 4.42 Å². The molecular formula is C10H11NO3S. The van der Waals surface area contributed by atoms with Gasteiger partial charge >= 0.3 is 5.76 Å². The van der Waals surface area contributed by atoms with Crippen LogP contribution in [0.4, 0.5) is 0 Å². The molecule has 15 heavy (non-hydrogen) atoms. The minimum Gasteiger partial charge on any atom is -0.408 e. The van der Waals surface area contributed by atoms with Gasteiger partial charge in [-0.15, -0.1) is 0 Å². The van der Waals surface area contributed by atoms with Crippen molar-refractivity contribution in [3.63, 3.8) is 0 Å². The van der Waals surface area contributed by atoms with Crippen molar-refractivity contribution >= 4 is 22.9 Å². The summed E-state index contributed by atoms with van der Waals surface area (Å²) in [5, 5.41) is 9.74. The normalized spacial score (nSPS) is 13.2. The molecule has 4 nitrogen and oxygen atoms in total. The van der Waals surface area contributed by atoms with Crippen LogP contribution in [-0.2, 0) is 0 Å². The molecule has 0 radical (unpaired) electrons. The minimum atomic E-state index is -0.524. The fourth-order valence-electron chi connectivity index (χ4n) is 1.42. The van der Waals surface area contributed by atoms with Crippen molar-refractivity contribution in [3.05, 3.63) is 34.3 Å². The van der Waals surface area contributed by atoms with Gasteiger partial charge in [-0.2, -0.15) is 11.8 Å². The SMILES string of the molecule is CSCC(O)c1ccc2[nH]c(=O)oc2c1. The van der Waals surface area contributed by atoms with Gasteiger partial charge < -0.3 is 9.52 Å². The lowest BCUT2D eigenvalue weighted by atomic mass is 10.1. The Hall–Kier alpha value is -1.20. The summed E-state index contributed by atoms with van der Waals surface area (Å²) in [5.74, 6) is 0.154. The summed E-state index contributed by atoms with van der Waals surface area (Å²) in [6.45, 7) is 0. The number of aromatic nitrogens is 1. The second kappa shape index (κ2) is 4.12. The van der Waals surface area contributed by atoms with Gasteiger partial charge in [-0.05, 0) is 24.0 Å². The van der Waals surface area contributed by atoms with Crippen LogP contribution in [-0.4, -0.2) is 22.1 Å². The fourth-order valence-corrected chi connectivity index (χ4v) is 1.93. The van der Waals surface area contributed by atoms with E-state index in [0.717, 1.165) is 5.56 Å². The number of aliphatic hydroxyl groups is 1. The molecule has 0 spiro atoms. The topological polar surface area (TPSA) is 66.2 Å². The molecule has 80 valence electrons. The maximum Gasteiger partial charge on any atom is 0.417 e. The third kappa shape index (κ3) is 2.08. The number of nitrogens with one attached hydrogen (secondary N) is 1. The van der Waals surface area contributed by atoms with Crippen LogP contribution >= 0.6 is 11.8 Å². The van der Waals surface area contributed by atoms with Gasteiger partial charge in [-0.1, -0.05) is 6.07 Å². The molecule has 0 amide bonds. The summed E-state index contributed by atoms with van der Waals surface area (Å²) in [5.41, 5.74) is 1.90. The smallest absolute Gasteiger partial charge is 0.408 e. The number of hydrogen-bond acceptors (Lipinski definition) is 4. The first kappa shape index (κ1) is 10.3. The van der Waals surface area contributed by atoms with E-state index in [1.807, 2.05) is 6.26 Å². The van der Waals surface area contributed by atoms with E-state index in [2.05, 4.69) is 4.98 Å². The van der Waals surface area contributed by atoms with Crippen LogP contribution < -0.4 is 5.76 Å². The molecule has 1 aromatic carbocycles. The van der Waals surface area contributed by atoms with Crippen LogP contribution in [0.3, 0.4) is 0 Å². The lowest BCUT2D eigenvalue weighted by molar-refractivity contribution is 0.204. The van der Waals surface area contributed by atoms with Crippen LogP contribution in [0.15, 0.2) is 27.4 Å². The fraction of sp³-hybridized carbons (Fsp3) is 0.300. The molecule has 0 fully saturated rings. The zero-order valence-corrected chi connectivity index (χ0v) is 9.00. The molecule has 1 atom stereocenters. The van der Waals surface area contributed by atoms with Crippen molar-refractivity contribution in [3.8, 4) is 0 Å². The molecule has 2 N–H and O–H groups in total. The third-order valence-corrected chi connectivity index (χ3v) is 2.80. The summed E-state index contributed by atoms with van der Waals surface area (Å²) in [4.78, 5) is 13.5. The van der Waals surface area contributed by atoms with Crippen molar-refractivity contribution in [2.24, 2.45) is 0 Å². The maximum atomic E-state index is 10.9. The molecular weight excluding hydrogens is 214 g/mol. The number of H-pyrrole nitrogens is 1. The molecule has 1 heterocycles. The Bertz CT molecular complexity index is 517. The number of rotatable bonds is 3. The molecule has 1 unspecified atom stereocenters. The molecule has 2 rings (SSSR count). The standard InChI is InChI=1S/C10H11NO3S/c1-15-5-8(12)6-2-3-7-9(4-6)14-10(13)11-7/h2-4,8,12H,5H2,1H3,(H,11,13). The highest BCUT2D eigenvalue weighted by atomic mass is 32.2. The Morgan fingerprint density at radius 1 is 1.60 bits per heavy atom. The predicted octanol–water partition coefficient (Wildman–Crippen LogP) is 1.52. The zero-order chi connectivity index (χ0) is 10.8. The molecule has 5 heteroatoms. The van der Waals surface area contributed by atoms with Crippen molar-refractivity contribution in [1.29, 1.82) is 0 Å². The highest BCUT2D eigenvalue weighted by molar-refractivity contribution is 7.98. The van der Waals surface area contributed by atoms with E-state index < -0.39 is 11.9 Å². The maximum absolute atomic E-state index is 10.9. The van der Waals surface area contributed by atoms with E-state index in [-0.39, 0.29) is 0 Å². The van der Waals surface area contributed by atoms with Crippen LogP contribution in [0.2, 0.25) is 0 Å². The van der Waals surface area contributed by atoms with Crippen molar-refractivity contribution < 1.29 is 9.52 Å². The summed E-state index contributed by atoms with van der Waals surface area (Å²) < 4.78 is 4.91. The molecule has 0 bridgehead atoms. The first-order valence-electron chi connectivity index (χ1n) is 4.50. The number of benzene rings is 1. The first-order valence-corrected chi connectivity index (χ1v) is 5.90. The summed E-state index contributed by atoms with van der Waals surface area (Å²) in [7, 11) is 0. The minimum absolute atomic E-state index is 0.471. The van der Waals surface area contributed by atoms with Crippen LogP contribution in [0, 0.1) is 0 Å². The Kier molecular flexibility index (Phi) is 2.83. The van der Waals surface area contributed by atoms with Crippen molar-refractivity contribution in [2.75, 3.05) is 12.0 Å². The van der Waals surface area contributed by atoms with Gasteiger partial charge in [0, 0.05) is 5.75 Å². The zero-order valence-electron chi connectivity index (χ0n) is 8.19. The van der Waals surface area contributed by atoms with E-state index in [1.165, 1.54) is 0 Å². The van der Waals surface area contributed by atoms with Gasteiger partial charge in [0.2, 0.25) is 0 Å². The quantitative estimate of drug-likeness (QED) is 0.831. The number of aromatic amines is 1. The third-order valence-electron chi connectivity index (χ3n) is 2.15. The lowest BCUT2D eigenvalue weighted by Crippen LogP contribution is -1.99. The summed E-state index contributed by atoms with van der Waals surface area (Å²) in [6.07, 6.45) is 1.41. The van der Waals surface area contributed by atoms with E-state index in [0.29, 0.717) is 16.9 Å². The van der Waals surface area contributed by atoms with Gasteiger partial charge in [0.15, 0.2) is 5.58 Å². The number of hydrogen-bond donors (Lipinski definition) is 2. The number of fused-ring (bicyclic) bond motifs is 1. The number of thioether (sulfide) groups is 1. The molecule has 1 aromatic heterocycles. The average Bonchev–Trinajstić information content (AvgIpc) is 2.57. The Morgan fingerprint density at radius 2 is 2.40 bits per heavy atom. The summed E-state index contributed by atoms with van der Waals surface area (Å²) >= 11 is 1.57. The van der Waals surface area contributed by atoms with Crippen LogP contribution in [0.5, 0.6) is 0 Å². The molecule has 0 saturated carbocycles. The Labute approximate surface area is 90.3 Å². The van der Waals surface area contributed by atoms with Crippen molar-refractivity contribution in [2.45, 2.75) is 6.10 Å². The largest absolute Gasteiger partial charge is 0.417 e. The predicted molar refractivity (Wildman–Crippen MR) is 60.2 cm³/mol. The Balaban J connectivity index is 2.41. The van der Waals surface area contributed by atoms with Gasteiger partial charge in [0.05, 0.1) is 11.6 Å². The van der Waals surface area contributed by atoms with Gasteiger partial charge in [0.25, 0.3) is 0 Å². The van der Waals surface area contributed by atoms with Crippen LogP contribution in [0.25, 0.3) is 11.1 Å². The molecule has 2 aromatic rings. The van der Waals surface area contributed by atoms with E-state index in [1.54, 1.807) is 30.0 Å². The molecule has 0 saturated heterocycles. The van der Waals surface area contributed by atoms with Crippen molar-refractivity contribution in [1.82, 2.24) is 4.98 Å². The number of oxazole rings is 1. The van der Waals surface area contributed by atoms with Gasteiger partial charge in [-0.3, -0.25) is 4.98 Å². The van der Waals surface area contributed by atoms with Gasteiger partial charge in [-0.25, -0.2) is 4.79 Å². The molecule has 0 aliphatic heterocycles. The van der Waals surface area contributed by atoms with Crippen LogP contribution in [0.1, 0.15) is 11.7 Å². The highest BCUT2D eigenvalue weighted by Gasteiger charge is 2.09. The van der Waals surface area contributed by atoms with Gasteiger partial charge in [0.1, 0.15) is 0 Å². The monoisotopic (exact) mass is 225 g/mol. The molecule has 0 aliphatic rings. The second-order valence-corrected chi connectivity index (χ2v) is 4.15. The molecule has 0 aliphatic carbocycles. The lowest BCUT2D eigenvalue weighted by Gasteiger charge is -2.08. The first-order chi connectivity index (χ1) is 7.20. The van der Waals surface area contributed by atoms with E-state index >= 15 is 0 Å². The number of aliphatic hydroxyl groups excluding tert-OH is 1.